The van der Waals surface area contributed by atoms with Crippen molar-refractivity contribution in [3.05, 3.63) is 35.4 Å². The van der Waals surface area contributed by atoms with Gasteiger partial charge in [0.1, 0.15) is 12.6 Å². The Balaban J connectivity index is 1.67. The molecule has 3 rings (SSSR count). The largest absolute Gasteiger partial charge is 0.394 e. The first-order valence-electron chi connectivity index (χ1n) is 9.59. The Morgan fingerprint density at radius 3 is 2.59 bits per heavy atom. The van der Waals surface area contributed by atoms with Crippen molar-refractivity contribution >= 4 is 5.91 Å². The van der Waals surface area contributed by atoms with Gasteiger partial charge in [0.05, 0.1) is 18.7 Å². The molecule has 142 valence electrons. The van der Waals surface area contributed by atoms with Crippen molar-refractivity contribution in [3.8, 4) is 17.9 Å². The average Bonchev–Trinajstić information content (AvgIpc) is 3.16. The Hall–Kier alpha value is -2.34. The van der Waals surface area contributed by atoms with Crippen molar-refractivity contribution in [1.82, 2.24) is 4.90 Å². The minimum absolute atomic E-state index is 0.0864. The van der Waals surface area contributed by atoms with E-state index in [0.29, 0.717) is 0 Å². The van der Waals surface area contributed by atoms with Crippen LogP contribution in [0.1, 0.15) is 49.1 Å². The van der Waals surface area contributed by atoms with Crippen molar-refractivity contribution in [2.24, 2.45) is 5.92 Å². The first-order valence-corrected chi connectivity index (χ1v) is 9.59. The average molecular weight is 366 g/mol. The van der Waals surface area contributed by atoms with E-state index in [9.17, 15) is 15.2 Å². The van der Waals surface area contributed by atoms with Crippen LogP contribution >= 0.6 is 0 Å². The van der Waals surface area contributed by atoms with Crippen LogP contribution in [0.25, 0.3) is 0 Å². The zero-order valence-electron chi connectivity index (χ0n) is 15.7. The molecular formula is C22H26N2O3. The molecule has 0 spiro atoms. The lowest BCUT2D eigenvalue weighted by atomic mass is 9.75. The molecule has 2 fully saturated rings. The second-order valence-electron chi connectivity index (χ2n) is 7.36. The number of carbonyl (C=O) groups excluding carboxylic acids is 1. The summed E-state index contributed by atoms with van der Waals surface area (Å²) < 4.78 is 4.88. The molecule has 1 aliphatic carbocycles. The van der Waals surface area contributed by atoms with Gasteiger partial charge in [-0.15, -0.1) is 0 Å². The van der Waals surface area contributed by atoms with Crippen LogP contribution in [-0.2, 0) is 9.53 Å². The summed E-state index contributed by atoms with van der Waals surface area (Å²) in [7, 11) is 1.44. The maximum atomic E-state index is 12.1. The Labute approximate surface area is 160 Å². The van der Waals surface area contributed by atoms with Gasteiger partial charge in [0.2, 0.25) is 5.91 Å². The number of hydrogen-bond donors (Lipinski definition) is 1. The predicted molar refractivity (Wildman–Crippen MR) is 102 cm³/mol. The van der Waals surface area contributed by atoms with Crippen LogP contribution in [-0.4, -0.2) is 48.3 Å². The van der Waals surface area contributed by atoms with Gasteiger partial charge in [0.15, 0.2) is 0 Å². The normalized spacial score (nSPS) is 24.6. The Morgan fingerprint density at radius 1 is 1.30 bits per heavy atom. The van der Waals surface area contributed by atoms with E-state index < -0.39 is 12.1 Å². The molecule has 1 N–H and O–H groups in total. The van der Waals surface area contributed by atoms with Gasteiger partial charge in [-0.2, -0.15) is 5.26 Å². The van der Waals surface area contributed by atoms with Crippen LogP contribution in [0.3, 0.4) is 0 Å². The van der Waals surface area contributed by atoms with Gasteiger partial charge in [-0.1, -0.05) is 36.8 Å². The highest BCUT2D eigenvalue weighted by atomic mass is 16.5. The highest BCUT2D eigenvalue weighted by Crippen LogP contribution is 2.40. The summed E-state index contributed by atoms with van der Waals surface area (Å²) in [5, 5.41) is 19.2. The monoisotopic (exact) mass is 366 g/mol. The SMILES string of the molecule is COCC(=O)N1[C@H](C#N)[C@@H](c2ccc(C#CCC3CCCC3)cc2)[C@H]1CO. The van der Waals surface area contributed by atoms with Crippen molar-refractivity contribution in [2.75, 3.05) is 20.3 Å². The summed E-state index contributed by atoms with van der Waals surface area (Å²) in [4.78, 5) is 13.6. The van der Waals surface area contributed by atoms with E-state index in [4.69, 9.17) is 4.74 Å². The molecule has 1 aromatic carbocycles. The first kappa shape index (κ1) is 19.4. The minimum atomic E-state index is -0.580. The molecule has 0 radical (unpaired) electrons. The maximum absolute atomic E-state index is 12.1. The van der Waals surface area contributed by atoms with Crippen LogP contribution < -0.4 is 0 Å². The molecule has 2 aliphatic rings. The van der Waals surface area contributed by atoms with Crippen LogP contribution in [0.5, 0.6) is 0 Å². The van der Waals surface area contributed by atoms with Gasteiger partial charge >= 0.3 is 0 Å². The lowest BCUT2D eigenvalue weighted by molar-refractivity contribution is -0.150. The topological polar surface area (TPSA) is 73.6 Å². The standard InChI is InChI=1S/C22H26N2O3/c1-27-15-21(26)24-19(13-23)22(20(24)14-25)18-11-9-17(10-12-18)8-4-7-16-5-2-3-6-16/h9-12,16,19-20,22,25H,2-3,5-7,14-15H2,1H3/t19-,20-,22-/m1/s1. The Bertz CT molecular complexity index is 750. The number of benzene rings is 1. The molecule has 1 aliphatic heterocycles. The van der Waals surface area contributed by atoms with Crippen LogP contribution in [0.15, 0.2) is 24.3 Å². The van der Waals surface area contributed by atoms with E-state index in [-0.39, 0.29) is 25.0 Å². The first-order chi connectivity index (χ1) is 13.2. The second kappa shape index (κ2) is 9.04. The zero-order valence-corrected chi connectivity index (χ0v) is 15.7. The second-order valence-corrected chi connectivity index (χ2v) is 7.36. The number of nitriles is 1. The summed E-state index contributed by atoms with van der Waals surface area (Å²) in [5.74, 6) is 6.80. The van der Waals surface area contributed by atoms with Crippen molar-refractivity contribution in [2.45, 2.75) is 50.1 Å². The quantitative estimate of drug-likeness (QED) is 0.813. The number of aliphatic hydroxyl groups excluding tert-OH is 1. The molecule has 5 nitrogen and oxygen atoms in total. The fraction of sp³-hybridized carbons (Fsp3) is 0.545. The minimum Gasteiger partial charge on any atom is -0.394 e. The summed E-state index contributed by atoms with van der Waals surface area (Å²) in [5.41, 5.74) is 1.90. The molecule has 27 heavy (non-hydrogen) atoms. The van der Waals surface area contributed by atoms with Gasteiger partial charge in [-0.05, 0) is 36.5 Å². The van der Waals surface area contributed by atoms with Crippen LogP contribution in [0.2, 0.25) is 0 Å². The number of nitrogens with zero attached hydrogens (tertiary/aromatic N) is 2. The molecule has 0 aromatic heterocycles. The molecule has 0 unspecified atom stereocenters. The van der Waals surface area contributed by atoms with Crippen molar-refractivity contribution < 1.29 is 14.6 Å². The van der Waals surface area contributed by atoms with Crippen LogP contribution in [0.4, 0.5) is 0 Å². The molecule has 1 heterocycles. The van der Waals surface area contributed by atoms with Gasteiger partial charge in [-0.3, -0.25) is 4.79 Å². The van der Waals surface area contributed by atoms with E-state index in [0.717, 1.165) is 23.5 Å². The molecule has 3 atom stereocenters. The van der Waals surface area contributed by atoms with Gasteiger partial charge in [-0.25, -0.2) is 0 Å². The highest BCUT2D eigenvalue weighted by molar-refractivity contribution is 5.80. The molecule has 1 amide bonds. The number of rotatable bonds is 5. The number of aliphatic hydroxyl groups is 1. The van der Waals surface area contributed by atoms with Gasteiger partial charge < -0.3 is 14.7 Å². The number of ether oxygens (including phenoxy) is 1. The van der Waals surface area contributed by atoms with E-state index in [1.807, 2.05) is 24.3 Å². The maximum Gasteiger partial charge on any atom is 0.249 e. The Kier molecular flexibility index (Phi) is 6.50. The van der Waals surface area contributed by atoms with Crippen LogP contribution in [0, 0.1) is 29.1 Å². The third-order valence-corrected chi connectivity index (χ3v) is 5.68. The molecule has 5 heteroatoms. The van der Waals surface area contributed by atoms with Gasteiger partial charge in [0, 0.05) is 25.0 Å². The summed E-state index contributed by atoms with van der Waals surface area (Å²) >= 11 is 0. The molecule has 1 saturated carbocycles. The third-order valence-electron chi connectivity index (χ3n) is 5.68. The lowest BCUT2D eigenvalue weighted by Crippen LogP contribution is -2.65. The van der Waals surface area contributed by atoms with Crippen molar-refractivity contribution in [3.63, 3.8) is 0 Å². The summed E-state index contributed by atoms with van der Waals surface area (Å²) in [6.07, 6.45) is 6.22. The van der Waals surface area contributed by atoms with E-state index in [1.165, 1.54) is 37.7 Å². The predicted octanol–water partition coefficient (Wildman–Crippen LogP) is 2.44. The fourth-order valence-corrected chi connectivity index (χ4v) is 4.25. The van der Waals surface area contributed by atoms with E-state index in [1.54, 1.807) is 0 Å². The third kappa shape index (κ3) is 4.16. The number of likely N-dealkylation sites (tertiary alicyclic amines) is 1. The molecular weight excluding hydrogens is 340 g/mol. The summed E-state index contributed by atoms with van der Waals surface area (Å²) in [6.45, 7) is -0.266. The molecule has 1 saturated heterocycles. The Morgan fingerprint density at radius 2 is 2.00 bits per heavy atom. The number of amides is 1. The molecule has 0 bridgehead atoms. The van der Waals surface area contributed by atoms with E-state index >= 15 is 0 Å². The highest BCUT2D eigenvalue weighted by Gasteiger charge is 2.51. The van der Waals surface area contributed by atoms with Gasteiger partial charge in [0.25, 0.3) is 0 Å². The zero-order chi connectivity index (χ0) is 19.2. The lowest BCUT2D eigenvalue weighted by Gasteiger charge is -2.51. The number of carbonyl (C=O) groups is 1. The summed E-state index contributed by atoms with van der Waals surface area (Å²) in [6, 6.07) is 9.05. The number of methoxy groups -OCH3 is 1. The molecule has 1 aromatic rings. The smallest absolute Gasteiger partial charge is 0.249 e. The fourth-order valence-electron chi connectivity index (χ4n) is 4.25. The van der Waals surface area contributed by atoms with Crippen molar-refractivity contribution in [1.29, 1.82) is 5.26 Å². The van der Waals surface area contributed by atoms with E-state index in [2.05, 4.69) is 17.9 Å². The number of hydrogen-bond acceptors (Lipinski definition) is 4.